The zero-order valence-corrected chi connectivity index (χ0v) is 6.00. The minimum atomic E-state index is 0.240. The molecule has 1 saturated heterocycles. The van der Waals surface area contributed by atoms with Crippen LogP contribution in [0, 0.1) is 11.3 Å². The van der Waals surface area contributed by atoms with Crippen molar-refractivity contribution in [3.8, 4) is 6.07 Å². The normalized spacial score (nSPS) is 29.4. The highest BCUT2D eigenvalue weighted by Crippen LogP contribution is 2.27. The summed E-state index contributed by atoms with van der Waals surface area (Å²) in [4.78, 5) is 0. The molecule has 1 aliphatic rings. The average Bonchev–Trinajstić information content (AvgIpc) is 2.34. The van der Waals surface area contributed by atoms with Crippen molar-refractivity contribution in [1.82, 2.24) is 0 Å². The summed E-state index contributed by atoms with van der Waals surface area (Å²) in [5.74, 6) is 0.240. The van der Waals surface area contributed by atoms with Gasteiger partial charge in [0.2, 0.25) is 0 Å². The summed E-state index contributed by atoms with van der Waals surface area (Å²) in [6, 6.07) is 1.94. The van der Waals surface area contributed by atoms with Crippen LogP contribution in [0.5, 0.6) is 0 Å². The smallest absolute Gasteiger partial charge is 0.0926 e. The first-order valence-electron chi connectivity index (χ1n) is 2.85. The molecule has 0 amide bonds. The Bertz CT molecular complexity index is 144. The van der Waals surface area contributed by atoms with Crippen LogP contribution in [0.15, 0.2) is 12.2 Å². The van der Waals surface area contributed by atoms with E-state index in [0.717, 1.165) is 21.3 Å². The number of hydrogen-bond acceptors (Lipinski definition) is 2. The van der Waals surface area contributed by atoms with E-state index < -0.39 is 0 Å². The third-order valence-corrected chi connectivity index (χ3v) is 2.34. The lowest BCUT2D eigenvalue weighted by Crippen LogP contribution is -1.93. The van der Waals surface area contributed by atoms with Gasteiger partial charge in [0.1, 0.15) is 0 Å². The van der Waals surface area contributed by atoms with E-state index in [1.165, 1.54) is 6.08 Å². The minimum absolute atomic E-state index is 0.240. The Kier molecular flexibility index (Phi) is 2.70. The van der Waals surface area contributed by atoms with E-state index in [4.69, 9.17) is 10.00 Å². The van der Waals surface area contributed by atoms with Gasteiger partial charge in [0.25, 0.3) is 0 Å². The Balaban J connectivity index is 2.28. The lowest BCUT2D eigenvalue weighted by atomic mass is 10.5. The van der Waals surface area contributed by atoms with Gasteiger partial charge in [-0.15, -0.1) is 0 Å². The quantitative estimate of drug-likeness (QED) is 0.404. The number of nitriles is 1. The highest BCUT2D eigenvalue weighted by Gasteiger charge is 2.10. The third kappa shape index (κ3) is 2.13. The van der Waals surface area contributed by atoms with Crippen molar-refractivity contribution >= 4 is 8.58 Å². The van der Waals surface area contributed by atoms with Gasteiger partial charge in [-0.1, -0.05) is 8.58 Å². The van der Waals surface area contributed by atoms with Crippen LogP contribution >= 0.6 is 8.58 Å². The summed E-state index contributed by atoms with van der Waals surface area (Å²) in [5.41, 5.74) is 0. The summed E-state index contributed by atoms with van der Waals surface area (Å²) in [7, 11) is 0.849. The van der Waals surface area contributed by atoms with E-state index in [0.29, 0.717) is 0 Å². The molecule has 1 fully saturated rings. The van der Waals surface area contributed by atoms with Crippen LogP contribution < -0.4 is 0 Å². The maximum Gasteiger partial charge on any atom is 0.0926 e. The van der Waals surface area contributed by atoms with Gasteiger partial charge in [-0.2, -0.15) is 5.26 Å². The van der Waals surface area contributed by atoms with E-state index in [1.54, 1.807) is 0 Å². The molecule has 0 aromatic heterocycles. The second-order valence-electron chi connectivity index (χ2n) is 1.73. The van der Waals surface area contributed by atoms with Crippen LogP contribution in [0.1, 0.15) is 0 Å². The van der Waals surface area contributed by atoms with E-state index in [2.05, 4.69) is 0 Å². The lowest BCUT2D eigenvalue weighted by Gasteiger charge is -1.97. The predicted molar refractivity (Wildman–Crippen MR) is 37.7 cm³/mol. The maximum absolute atomic E-state index is 8.14. The number of allylic oxidation sites excluding steroid dienone is 1. The molecule has 0 bridgehead atoms. The maximum atomic E-state index is 8.14. The summed E-state index contributed by atoms with van der Waals surface area (Å²) < 4.78 is 5.23. The molecule has 1 heterocycles. The zero-order valence-electron chi connectivity index (χ0n) is 5.00. The van der Waals surface area contributed by atoms with Crippen molar-refractivity contribution in [2.75, 3.05) is 12.8 Å². The second-order valence-corrected chi connectivity index (χ2v) is 3.21. The molecule has 0 aromatic rings. The standard InChI is InChI=1S/C6H8NOP/c7-3-1-2-6-8-4-5-9-6/h1-2,6,9H,4-5H2. The molecule has 2 atom stereocenters. The second kappa shape index (κ2) is 3.61. The molecule has 48 valence electrons. The van der Waals surface area contributed by atoms with Crippen molar-refractivity contribution in [3.63, 3.8) is 0 Å². The molecule has 1 aliphatic heterocycles. The minimum Gasteiger partial charge on any atom is -0.370 e. The van der Waals surface area contributed by atoms with Crippen LogP contribution in [-0.4, -0.2) is 18.6 Å². The molecule has 3 heteroatoms. The van der Waals surface area contributed by atoms with Crippen molar-refractivity contribution in [2.45, 2.75) is 5.85 Å². The van der Waals surface area contributed by atoms with Crippen molar-refractivity contribution in [2.24, 2.45) is 0 Å². The molecule has 0 saturated carbocycles. The Morgan fingerprint density at radius 3 is 3.22 bits per heavy atom. The highest BCUT2D eigenvalue weighted by molar-refractivity contribution is 7.39. The summed E-state index contributed by atoms with van der Waals surface area (Å²) >= 11 is 0. The lowest BCUT2D eigenvalue weighted by molar-refractivity contribution is 0.172. The summed E-state index contributed by atoms with van der Waals surface area (Å²) in [5, 5.41) is 8.14. The molecule has 0 aromatic carbocycles. The molecular formula is C6H8NOP. The van der Waals surface area contributed by atoms with Crippen LogP contribution in [0.4, 0.5) is 0 Å². The highest BCUT2D eigenvalue weighted by atomic mass is 31.1. The van der Waals surface area contributed by atoms with E-state index >= 15 is 0 Å². The topological polar surface area (TPSA) is 33.0 Å². The molecule has 0 spiro atoms. The molecule has 9 heavy (non-hydrogen) atoms. The van der Waals surface area contributed by atoms with Gasteiger partial charge >= 0.3 is 0 Å². The fraction of sp³-hybridized carbons (Fsp3) is 0.500. The van der Waals surface area contributed by atoms with E-state index in [1.807, 2.05) is 12.1 Å². The van der Waals surface area contributed by atoms with Crippen molar-refractivity contribution < 1.29 is 4.74 Å². The molecule has 0 aliphatic carbocycles. The van der Waals surface area contributed by atoms with Crippen LogP contribution in [0.25, 0.3) is 0 Å². The van der Waals surface area contributed by atoms with Crippen molar-refractivity contribution in [3.05, 3.63) is 12.2 Å². The first-order valence-corrected chi connectivity index (χ1v) is 4.13. The Labute approximate surface area is 56.3 Å². The van der Waals surface area contributed by atoms with Gasteiger partial charge in [0.05, 0.1) is 18.5 Å². The van der Waals surface area contributed by atoms with Gasteiger partial charge in [0, 0.05) is 6.08 Å². The van der Waals surface area contributed by atoms with Crippen LogP contribution in [0.3, 0.4) is 0 Å². The molecule has 2 nitrogen and oxygen atoms in total. The monoisotopic (exact) mass is 141 g/mol. The Morgan fingerprint density at radius 1 is 1.78 bits per heavy atom. The summed E-state index contributed by atoms with van der Waals surface area (Å²) in [6.07, 6.45) is 4.47. The number of hydrogen-bond donors (Lipinski definition) is 0. The van der Waals surface area contributed by atoms with Gasteiger partial charge in [0.15, 0.2) is 0 Å². The van der Waals surface area contributed by atoms with Crippen molar-refractivity contribution in [1.29, 1.82) is 5.26 Å². The predicted octanol–water partition coefficient (Wildman–Crippen LogP) is 1.10. The largest absolute Gasteiger partial charge is 0.370 e. The zero-order chi connectivity index (χ0) is 6.53. The number of rotatable bonds is 1. The van der Waals surface area contributed by atoms with Crippen LogP contribution in [0.2, 0.25) is 0 Å². The van der Waals surface area contributed by atoms with E-state index in [-0.39, 0.29) is 5.85 Å². The van der Waals surface area contributed by atoms with Gasteiger partial charge < -0.3 is 4.74 Å². The first kappa shape index (κ1) is 6.74. The van der Waals surface area contributed by atoms with Gasteiger partial charge in [-0.25, -0.2) is 0 Å². The molecule has 0 radical (unpaired) electrons. The van der Waals surface area contributed by atoms with E-state index in [9.17, 15) is 0 Å². The first-order chi connectivity index (χ1) is 4.43. The fourth-order valence-corrected chi connectivity index (χ4v) is 1.69. The Hall–Kier alpha value is -0.380. The SMILES string of the molecule is N#CC=CC1OCCP1. The fourth-order valence-electron chi connectivity index (χ4n) is 0.700. The Morgan fingerprint density at radius 2 is 2.67 bits per heavy atom. The molecule has 0 N–H and O–H groups in total. The number of nitrogens with zero attached hydrogens (tertiary/aromatic N) is 1. The molecule has 2 unspecified atom stereocenters. The van der Waals surface area contributed by atoms with Gasteiger partial charge in [-0.05, 0) is 12.2 Å². The summed E-state index contributed by atoms with van der Waals surface area (Å²) in [6.45, 7) is 0.860. The number of ether oxygens (including phenoxy) is 1. The third-order valence-electron chi connectivity index (χ3n) is 1.09. The average molecular weight is 141 g/mol. The van der Waals surface area contributed by atoms with Gasteiger partial charge in [-0.3, -0.25) is 0 Å². The molecule has 1 rings (SSSR count). The molecular weight excluding hydrogens is 133 g/mol. The van der Waals surface area contributed by atoms with Crippen LogP contribution in [-0.2, 0) is 4.74 Å².